The molecule has 0 atom stereocenters. The Labute approximate surface area is 115 Å². The maximum absolute atomic E-state index is 12.1. The van der Waals surface area contributed by atoms with E-state index in [2.05, 4.69) is 12.2 Å². The fourth-order valence-corrected chi connectivity index (χ4v) is 2.67. The van der Waals surface area contributed by atoms with Crippen molar-refractivity contribution in [2.75, 3.05) is 27.7 Å². The van der Waals surface area contributed by atoms with Gasteiger partial charge in [0, 0.05) is 20.6 Å². The van der Waals surface area contributed by atoms with E-state index in [9.17, 15) is 8.42 Å². The zero-order valence-electron chi connectivity index (χ0n) is 11.9. The maximum atomic E-state index is 12.1. The molecule has 0 aromatic heterocycles. The van der Waals surface area contributed by atoms with Crippen molar-refractivity contribution < 1.29 is 13.2 Å². The van der Waals surface area contributed by atoms with Crippen LogP contribution in [0.4, 0.5) is 0 Å². The molecular formula is C13H22N2O3S. The highest BCUT2D eigenvalue weighted by Gasteiger charge is 2.22. The summed E-state index contributed by atoms with van der Waals surface area (Å²) >= 11 is 0. The monoisotopic (exact) mass is 286 g/mol. The Morgan fingerprint density at radius 2 is 2.00 bits per heavy atom. The highest BCUT2D eigenvalue weighted by molar-refractivity contribution is 7.89. The highest BCUT2D eigenvalue weighted by atomic mass is 32.2. The number of sulfonamides is 1. The van der Waals surface area contributed by atoms with Crippen LogP contribution >= 0.6 is 0 Å². The van der Waals surface area contributed by atoms with Crippen molar-refractivity contribution in [3.05, 3.63) is 23.8 Å². The Morgan fingerprint density at radius 3 is 2.53 bits per heavy atom. The lowest BCUT2D eigenvalue weighted by molar-refractivity contribution is 0.399. The minimum absolute atomic E-state index is 0.194. The van der Waals surface area contributed by atoms with Crippen LogP contribution in [-0.4, -0.2) is 40.5 Å². The zero-order valence-corrected chi connectivity index (χ0v) is 12.8. The van der Waals surface area contributed by atoms with E-state index >= 15 is 0 Å². The summed E-state index contributed by atoms with van der Waals surface area (Å²) in [6, 6.07) is 5.16. The van der Waals surface area contributed by atoms with Crippen molar-refractivity contribution in [2.24, 2.45) is 0 Å². The molecule has 0 unspecified atom stereocenters. The summed E-state index contributed by atoms with van der Waals surface area (Å²) in [6.45, 7) is 3.73. The molecule has 5 nitrogen and oxygen atoms in total. The van der Waals surface area contributed by atoms with Gasteiger partial charge in [-0.05, 0) is 30.7 Å². The lowest BCUT2D eigenvalue weighted by Gasteiger charge is -2.15. The Bertz CT molecular complexity index is 513. The van der Waals surface area contributed by atoms with Gasteiger partial charge in [-0.25, -0.2) is 12.7 Å². The van der Waals surface area contributed by atoms with E-state index in [-0.39, 0.29) is 4.90 Å². The van der Waals surface area contributed by atoms with Crippen molar-refractivity contribution in [3.63, 3.8) is 0 Å². The Morgan fingerprint density at radius 1 is 1.32 bits per heavy atom. The first-order valence-corrected chi connectivity index (χ1v) is 7.67. The molecule has 0 fully saturated rings. The van der Waals surface area contributed by atoms with Crippen LogP contribution in [0.2, 0.25) is 0 Å². The van der Waals surface area contributed by atoms with Crippen LogP contribution in [0.15, 0.2) is 23.1 Å². The summed E-state index contributed by atoms with van der Waals surface area (Å²) in [5, 5.41) is 3.27. The molecule has 0 bridgehead atoms. The molecule has 0 radical (unpaired) electrons. The summed E-state index contributed by atoms with van der Waals surface area (Å²) in [5.41, 5.74) is 1.00. The molecule has 1 rings (SSSR count). The van der Waals surface area contributed by atoms with Crippen LogP contribution in [0.5, 0.6) is 5.75 Å². The summed E-state index contributed by atoms with van der Waals surface area (Å²) < 4.78 is 30.6. The molecule has 1 N–H and O–H groups in total. The van der Waals surface area contributed by atoms with Gasteiger partial charge in [-0.3, -0.25) is 0 Å². The van der Waals surface area contributed by atoms with E-state index < -0.39 is 10.0 Å². The average molecular weight is 286 g/mol. The second kappa shape index (κ2) is 6.88. The maximum Gasteiger partial charge on any atom is 0.246 e. The smallest absolute Gasteiger partial charge is 0.246 e. The van der Waals surface area contributed by atoms with E-state index in [1.165, 1.54) is 25.5 Å². The number of benzene rings is 1. The summed E-state index contributed by atoms with van der Waals surface area (Å²) in [4.78, 5) is 0.194. The second-order valence-electron chi connectivity index (χ2n) is 4.45. The SMILES string of the molecule is CCCNCc1ccc(S(=O)(=O)N(C)C)c(OC)c1. The lowest BCUT2D eigenvalue weighted by atomic mass is 10.2. The highest BCUT2D eigenvalue weighted by Crippen LogP contribution is 2.26. The first kappa shape index (κ1) is 15.9. The van der Waals surface area contributed by atoms with Crippen LogP contribution in [0.1, 0.15) is 18.9 Å². The molecule has 0 saturated carbocycles. The van der Waals surface area contributed by atoms with Gasteiger partial charge in [-0.1, -0.05) is 13.0 Å². The quantitative estimate of drug-likeness (QED) is 0.771. The van der Waals surface area contributed by atoms with Gasteiger partial charge in [-0.2, -0.15) is 0 Å². The van der Waals surface area contributed by atoms with Crippen molar-refractivity contribution in [3.8, 4) is 5.75 Å². The first-order chi connectivity index (χ1) is 8.93. The molecule has 19 heavy (non-hydrogen) atoms. The molecule has 0 spiro atoms. The molecule has 1 aromatic carbocycles. The number of rotatable bonds is 7. The second-order valence-corrected chi connectivity index (χ2v) is 6.57. The van der Waals surface area contributed by atoms with Crippen molar-refractivity contribution in [1.82, 2.24) is 9.62 Å². The number of nitrogens with one attached hydrogen (secondary N) is 1. The first-order valence-electron chi connectivity index (χ1n) is 6.23. The van der Waals surface area contributed by atoms with Gasteiger partial charge in [0.15, 0.2) is 0 Å². The zero-order chi connectivity index (χ0) is 14.5. The predicted molar refractivity (Wildman–Crippen MR) is 75.9 cm³/mol. The number of ether oxygens (including phenoxy) is 1. The number of nitrogens with zero attached hydrogens (tertiary/aromatic N) is 1. The van der Waals surface area contributed by atoms with Gasteiger partial charge in [0.25, 0.3) is 0 Å². The van der Waals surface area contributed by atoms with Gasteiger partial charge >= 0.3 is 0 Å². The number of hydrogen-bond donors (Lipinski definition) is 1. The van der Waals surface area contributed by atoms with Crippen molar-refractivity contribution in [2.45, 2.75) is 24.8 Å². The minimum Gasteiger partial charge on any atom is -0.495 e. The third-order valence-electron chi connectivity index (χ3n) is 2.74. The van der Waals surface area contributed by atoms with Gasteiger partial charge in [0.1, 0.15) is 10.6 Å². The summed E-state index contributed by atoms with van der Waals surface area (Å²) in [5.74, 6) is 0.379. The predicted octanol–water partition coefficient (Wildman–Crippen LogP) is 1.45. The molecule has 0 aliphatic heterocycles. The lowest BCUT2D eigenvalue weighted by Crippen LogP contribution is -2.23. The molecule has 6 heteroatoms. The molecule has 1 aromatic rings. The van der Waals surface area contributed by atoms with E-state index in [4.69, 9.17) is 4.74 Å². The van der Waals surface area contributed by atoms with Crippen LogP contribution in [0.25, 0.3) is 0 Å². The van der Waals surface area contributed by atoms with Gasteiger partial charge in [0.05, 0.1) is 7.11 Å². The van der Waals surface area contributed by atoms with E-state index in [1.54, 1.807) is 12.1 Å². The normalized spacial score (nSPS) is 11.8. The standard InChI is InChI=1S/C13H22N2O3S/c1-5-8-14-10-11-6-7-13(12(9-11)18-4)19(16,17)15(2)3/h6-7,9,14H,5,8,10H2,1-4H3. The average Bonchev–Trinajstić information content (AvgIpc) is 2.38. The van der Waals surface area contributed by atoms with Crippen LogP contribution in [0, 0.1) is 0 Å². The fraction of sp³-hybridized carbons (Fsp3) is 0.538. The Hall–Kier alpha value is -1.11. The third kappa shape index (κ3) is 3.92. The molecule has 0 heterocycles. The van der Waals surface area contributed by atoms with E-state index in [0.717, 1.165) is 18.5 Å². The molecule has 0 aliphatic rings. The van der Waals surface area contributed by atoms with Gasteiger partial charge < -0.3 is 10.1 Å². The van der Waals surface area contributed by atoms with Crippen molar-refractivity contribution >= 4 is 10.0 Å². The summed E-state index contributed by atoms with van der Waals surface area (Å²) in [6.07, 6.45) is 1.06. The third-order valence-corrected chi connectivity index (χ3v) is 4.60. The Balaban J connectivity index is 3.04. The van der Waals surface area contributed by atoms with E-state index in [0.29, 0.717) is 12.3 Å². The number of hydrogen-bond acceptors (Lipinski definition) is 4. The number of methoxy groups -OCH3 is 1. The molecule has 0 amide bonds. The molecule has 108 valence electrons. The molecule has 0 aliphatic carbocycles. The molecular weight excluding hydrogens is 264 g/mol. The molecule has 0 saturated heterocycles. The fourth-order valence-electron chi connectivity index (χ4n) is 1.64. The largest absolute Gasteiger partial charge is 0.495 e. The van der Waals surface area contributed by atoms with Crippen LogP contribution in [-0.2, 0) is 16.6 Å². The Kier molecular flexibility index (Phi) is 5.78. The summed E-state index contributed by atoms with van der Waals surface area (Å²) in [7, 11) is 1.02. The minimum atomic E-state index is -3.47. The van der Waals surface area contributed by atoms with Gasteiger partial charge in [-0.15, -0.1) is 0 Å². The van der Waals surface area contributed by atoms with Gasteiger partial charge in [0.2, 0.25) is 10.0 Å². The van der Waals surface area contributed by atoms with Crippen molar-refractivity contribution in [1.29, 1.82) is 0 Å². The van der Waals surface area contributed by atoms with Crippen LogP contribution < -0.4 is 10.1 Å². The topological polar surface area (TPSA) is 58.6 Å². The van der Waals surface area contributed by atoms with Crippen LogP contribution in [0.3, 0.4) is 0 Å². The van der Waals surface area contributed by atoms with E-state index in [1.807, 2.05) is 6.07 Å².